The Bertz CT molecular complexity index is 1720. The maximum atomic E-state index is 13.5. The van der Waals surface area contributed by atoms with Crippen LogP contribution >= 0.6 is 11.6 Å². The van der Waals surface area contributed by atoms with Crippen LogP contribution in [-0.2, 0) is 35.5 Å². The van der Waals surface area contributed by atoms with E-state index in [4.69, 9.17) is 21.1 Å². The molecule has 0 saturated carbocycles. The summed E-state index contributed by atoms with van der Waals surface area (Å²) >= 11 is 6.22. The van der Waals surface area contributed by atoms with Crippen molar-refractivity contribution in [2.75, 3.05) is 19.5 Å². The zero-order valence-electron chi connectivity index (χ0n) is 21.9. The summed E-state index contributed by atoms with van der Waals surface area (Å²) in [6, 6.07) is 17.3. The van der Waals surface area contributed by atoms with Crippen LogP contribution in [0.1, 0.15) is 11.1 Å². The van der Waals surface area contributed by atoms with E-state index in [-0.39, 0.29) is 27.7 Å². The number of nitrogens with zero attached hydrogens (tertiary/aromatic N) is 2. The van der Waals surface area contributed by atoms with Gasteiger partial charge in [-0.1, -0.05) is 48.0 Å². The lowest BCUT2D eigenvalue weighted by Crippen LogP contribution is -2.46. The average Bonchev–Trinajstić information content (AvgIpc) is 3.35. The molecule has 10 nitrogen and oxygen atoms in total. The number of ether oxygens (including phenoxy) is 2. The summed E-state index contributed by atoms with van der Waals surface area (Å²) in [6.07, 6.45) is 1.36. The van der Waals surface area contributed by atoms with E-state index in [0.29, 0.717) is 24.3 Å². The van der Waals surface area contributed by atoms with E-state index >= 15 is 0 Å². The molecule has 3 aromatic carbocycles. The summed E-state index contributed by atoms with van der Waals surface area (Å²) in [7, 11) is 2.89. The van der Waals surface area contributed by atoms with E-state index in [1.807, 2.05) is 24.3 Å². The molecular formula is C29H27ClN4O6. The van der Waals surface area contributed by atoms with Gasteiger partial charge < -0.3 is 20.1 Å². The molecular weight excluding hydrogens is 536 g/mol. The lowest BCUT2D eigenvalue weighted by molar-refractivity contribution is -0.122. The molecule has 1 aliphatic carbocycles. The van der Waals surface area contributed by atoms with Gasteiger partial charge in [0.25, 0.3) is 5.56 Å². The molecule has 2 amide bonds. The molecule has 0 saturated heterocycles. The summed E-state index contributed by atoms with van der Waals surface area (Å²) in [4.78, 5) is 52.8. The maximum absolute atomic E-state index is 13.5. The van der Waals surface area contributed by atoms with Crippen LogP contribution < -0.4 is 31.4 Å². The van der Waals surface area contributed by atoms with Crippen LogP contribution in [0, 0.1) is 0 Å². The number of methoxy groups -OCH3 is 2. The number of rotatable bonds is 8. The van der Waals surface area contributed by atoms with E-state index < -0.39 is 36.2 Å². The highest BCUT2D eigenvalue weighted by Crippen LogP contribution is 2.35. The fourth-order valence-electron chi connectivity index (χ4n) is 5.03. The van der Waals surface area contributed by atoms with Crippen molar-refractivity contribution in [2.24, 2.45) is 0 Å². The van der Waals surface area contributed by atoms with E-state index in [2.05, 4.69) is 10.6 Å². The van der Waals surface area contributed by atoms with Crippen molar-refractivity contribution >= 4 is 40.0 Å². The highest BCUT2D eigenvalue weighted by Gasteiger charge is 2.24. The lowest BCUT2D eigenvalue weighted by Gasteiger charge is -2.16. The largest absolute Gasteiger partial charge is 0.495 e. The van der Waals surface area contributed by atoms with Gasteiger partial charge in [-0.15, -0.1) is 0 Å². The minimum Gasteiger partial charge on any atom is -0.495 e. The average molecular weight is 563 g/mol. The van der Waals surface area contributed by atoms with E-state index in [0.717, 1.165) is 4.57 Å². The SMILES string of the molecule is COc1cc(OC)c(NC(=O)Cn2c(=O)n(CC(=O)NC3Cc4ccccc4C3)c(=O)c3ccccc32)cc1Cl. The van der Waals surface area contributed by atoms with E-state index in [1.54, 1.807) is 24.3 Å². The first-order valence-corrected chi connectivity index (χ1v) is 13.0. The van der Waals surface area contributed by atoms with Crippen molar-refractivity contribution < 1.29 is 19.1 Å². The molecule has 0 fully saturated rings. The topological polar surface area (TPSA) is 121 Å². The van der Waals surface area contributed by atoms with E-state index in [1.165, 1.54) is 42.0 Å². The molecule has 2 N–H and O–H groups in total. The second-order valence-corrected chi connectivity index (χ2v) is 9.86. The van der Waals surface area contributed by atoms with Crippen molar-refractivity contribution in [3.8, 4) is 11.5 Å². The third kappa shape index (κ3) is 5.30. The summed E-state index contributed by atoms with van der Waals surface area (Å²) in [5, 5.41) is 6.09. The third-order valence-electron chi connectivity index (χ3n) is 6.90. The number of carbonyl (C=O) groups is 2. The number of nitrogens with one attached hydrogen (secondary N) is 2. The zero-order valence-corrected chi connectivity index (χ0v) is 22.7. The fourth-order valence-corrected chi connectivity index (χ4v) is 5.27. The molecule has 40 heavy (non-hydrogen) atoms. The normalized spacial score (nSPS) is 12.7. The zero-order chi connectivity index (χ0) is 28.4. The van der Waals surface area contributed by atoms with Crippen molar-refractivity contribution in [1.82, 2.24) is 14.5 Å². The Kier molecular flexibility index (Phi) is 7.61. The molecule has 206 valence electrons. The highest BCUT2D eigenvalue weighted by atomic mass is 35.5. The molecule has 0 spiro atoms. The Hall–Kier alpha value is -4.57. The number of halogens is 1. The van der Waals surface area contributed by atoms with Gasteiger partial charge in [0.2, 0.25) is 11.8 Å². The van der Waals surface area contributed by atoms with Gasteiger partial charge in [0.05, 0.1) is 35.8 Å². The summed E-state index contributed by atoms with van der Waals surface area (Å²) in [6.45, 7) is -0.898. The van der Waals surface area contributed by atoms with Crippen LogP contribution in [0.3, 0.4) is 0 Å². The molecule has 4 aromatic rings. The fraction of sp³-hybridized carbons (Fsp3) is 0.241. The maximum Gasteiger partial charge on any atom is 0.332 e. The number of hydrogen-bond donors (Lipinski definition) is 2. The van der Waals surface area contributed by atoms with E-state index in [9.17, 15) is 19.2 Å². The molecule has 0 unspecified atom stereocenters. The molecule has 1 aromatic heterocycles. The minimum atomic E-state index is -0.775. The van der Waals surface area contributed by atoms with Crippen LogP contribution in [0.4, 0.5) is 5.69 Å². The summed E-state index contributed by atoms with van der Waals surface area (Å²) in [5.41, 5.74) is 1.50. The van der Waals surface area contributed by atoms with Gasteiger partial charge in [-0.3, -0.25) is 23.5 Å². The predicted octanol–water partition coefficient (Wildman–Crippen LogP) is 2.76. The van der Waals surface area contributed by atoms with Gasteiger partial charge in [0.15, 0.2) is 0 Å². The monoisotopic (exact) mass is 562 g/mol. The molecule has 1 aliphatic rings. The first-order chi connectivity index (χ1) is 19.3. The number of benzene rings is 3. The number of aromatic nitrogens is 2. The van der Waals surface area contributed by atoms with Crippen LogP contribution in [0.2, 0.25) is 5.02 Å². The number of amides is 2. The molecule has 0 bridgehead atoms. The van der Waals surface area contributed by atoms with Crippen LogP contribution in [-0.4, -0.2) is 41.2 Å². The lowest BCUT2D eigenvalue weighted by atomic mass is 10.1. The standard InChI is InChI=1S/C29H27ClN4O6/c1-39-24-14-25(40-2)22(13-21(24)30)32-27(36)15-33-23-10-6-5-9-20(23)28(37)34(29(33)38)16-26(35)31-19-11-17-7-3-4-8-18(17)12-19/h3-10,13-14,19H,11-12,15-16H2,1-2H3,(H,31,35)(H,32,36). The number of fused-ring (bicyclic) bond motifs is 2. The molecule has 0 atom stereocenters. The molecule has 0 radical (unpaired) electrons. The first-order valence-electron chi connectivity index (χ1n) is 12.6. The van der Waals surface area contributed by atoms with Crippen molar-refractivity contribution in [3.05, 3.63) is 97.7 Å². The Morgan fingerprint density at radius 1 is 0.875 bits per heavy atom. The van der Waals surface area contributed by atoms with Crippen molar-refractivity contribution in [1.29, 1.82) is 0 Å². The Morgan fingerprint density at radius 2 is 1.50 bits per heavy atom. The second kappa shape index (κ2) is 11.3. The number of hydrogen-bond acceptors (Lipinski definition) is 6. The molecule has 1 heterocycles. The number of para-hydroxylation sites is 1. The predicted molar refractivity (Wildman–Crippen MR) is 151 cm³/mol. The first kappa shape index (κ1) is 27.0. The Balaban J connectivity index is 1.41. The smallest absolute Gasteiger partial charge is 0.332 e. The van der Waals surface area contributed by atoms with Crippen LogP contribution in [0.5, 0.6) is 11.5 Å². The molecule has 0 aliphatic heterocycles. The van der Waals surface area contributed by atoms with Crippen LogP contribution in [0.15, 0.2) is 70.3 Å². The van der Waals surface area contributed by atoms with Crippen molar-refractivity contribution in [2.45, 2.75) is 32.0 Å². The quantitative estimate of drug-likeness (QED) is 0.341. The molecule has 11 heteroatoms. The summed E-state index contributed by atoms with van der Waals surface area (Å²) < 4.78 is 12.5. The van der Waals surface area contributed by atoms with Gasteiger partial charge in [0.1, 0.15) is 24.6 Å². The van der Waals surface area contributed by atoms with Gasteiger partial charge in [0, 0.05) is 12.1 Å². The highest BCUT2D eigenvalue weighted by molar-refractivity contribution is 6.32. The number of carbonyl (C=O) groups excluding carboxylic acids is 2. The van der Waals surface area contributed by atoms with Gasteiger partial charge in [-0.05, 0) is 42.2 Å². The molecule has 5 rings (SSSR count). The van der Waals surface area contributed by atoms with Gasteiger partial charge >= 0.3 is 5.69 Å². The Labute approximate surface area is 234 Å². The van der Waals surface area contributed by atoms with Crippen LogP contribution in [0.25, 0.3) is 10.9 Å². The van der Waals surface area contributed by atoms with Crippen molar-refractivity contribution in [3.63, 3.8) is 0 Å². The second-order valence-electron chi connectivity index (χ2n) is 9.45. The third-order valence-corrected chi connectivity index (χ3v) is 7.20. The summed E-state index contributed by atoms with van der Waals surface area (Å²) in [5.74, 6) is -0.348. The van der Waals surface area contributed by atoms with Gasteiger partial charge in [-0.25, -0.2) is 4.79 Å². The van der Waals surface area contributed by atoms with Gasteiger partial charge in [-0.2, -0.15) is 0 Å². The minimum absolute atomic E-state index is 0.125. The number of anilines is 1. The Morgan fingerprint density at radius 3 is 2.17 bits per heavy atom.